The van der Waals surface area contributed by atoms with Gasteiger partial charge in [0.1, 0.15) is 11.1 Å². The second-order valence-corrected chi connectivity index (χ2v) is 5.06. The zero-order chi connectivity index (χ0) is 12.8. The number of carboxylic acid groups (broad SMARTS) is 1. The van der Waals surface area contributed by atoms with Crippen molar-refractivity contribution in [2.45, 2.75) is 18.0 Å². The summed E-state index contributed by atoms with van der Waals surface area (Å²) in [5.74, 6) is -1.19. The van der Waals surface area contributed by atoms with Gasteiger partial charge < -0.3 is 10.4 Å². The molecular formula is C10H11BrN2O3S. The van der Waals surface area contributed by atoms with Crippen LogP contribution in [-0.2, 0) is 9.59 Å². The number of amides is 1. The van der Waals surface area contributed by atoms with E-state index in [0.29, 0.717) is 5.03 Å². The van der Waals surface area contributed by atoms with Crippen LogP contribution >= 0.6 is 27.7 Å². The predicted molar refractivity (Wildman–Crippen MR) is 67.9 cm³/mol. The molecule has 0 fully saturated rings. The average molecular weight is 319 g/mol. The lowest BCUT2D eigenvalue weighted by molar-refractivity contribution is -0.140. The van der Waals surface area contributed by atoms with Crippen LogP contribution in [0.5, 0.6) is 0 Å². The Bertz CT molecular complexity index is 428. The molecule has 0 aliphatic heterocycles. The van der Waals surface area contributed by atoms with E-state index >= 15 is 0 Å². The first-order valence-electron chi connectivity index (χ1n) is 4.74. The van der Waals surface area contributed by atoms with E-state index < -0.39 is 12.0 Å². The zero-order valence-electron chi connectivity index (χ0n) is 9.01. The molecule has 1 aromatic heterocycles. The smallest absolute Gasteiger partial charge is 0.327 e. The maximum Gasteiger partial charge on any atom is 0.327 e. The van der Waals surface area contributed by atoms with Crippen LogP contribution < -0.4 is 5.32 Å². The number of carbonyl (C=O) groups excluding carboxylic acids is 1. The molecule has 0 saturated carbocycles. The van der Waals surface area contributed by atoms with Gasteiger partial charge in [-0.25, -0.2) is 9.78 Å². The number of rotatable bonds is 5. The number of nitrogens with one attached hydrogen (secondary N) is 1. The fourth-order valence-electron chi connectivity index (χ4n) is 1.06. The number of carboxylic acids is 1. The number of halogens is 1. The Morgan fingerprint density at radius 1 is 1.65 bits per heavy atom. The van der Waals surface area contributed by atoms with Crippen LogP contribution in [0, 0.1) is 0 Å². The van der Waals surface area contributed by atoms with E-state index in [1.54, 1.807) is 12.3 Å². The lowest BCUT2D eigenvalue weighted by Crippen LogP contribution is -2.41. The number of thioether (sulfide) groups is 1. The number of hydrogen-bond acceptors (Lipinski definition) is 4. The molecule has 0 saturated heterocycles. The van der Waals surface area contributed by atoms with Crippen molar-refractivity contribution in [1.82, 2.24) is 10.3 Å². The molecule has 0 bridgehead atoms. The maximum atomic E-state index is 10.9. The van der Waals surface area contributed by atoms with Crippen molar-refractivity contribution in [1.29, 1.82) is 0 Å². The third kappa shape index (κ3) is 4.74. The van der Waals surface area contributed by atoms with Crippen LogP contribution in [0.4, 0.5) is 0 Å². The number of aromatic nitrogens is 1. The van der Waals surface area contributed by atoms with Gasteiger partial charge in [0.2, 0.25) is 5.91 Å². The molecule has 17 heavy (non-hydrogen) atoms. The highest BCUT2D eigenvalue weighted by Gasteiger charge is 2.19. The van der Waals surface area contributed by atoms with Gasteiger partial charge in [-0.05, 0) is 28.1 Å². The number of aliphatic carboxylic acids is 1. The van der Waals surface area contributed by atoms with E-state index in [2.05, 4.69) is 26.2 Å². The number of hydrogen-bond donors (Lipinski definition) is 2. The third-order valence-electron chi connectivity index (χ3n) is 1.79. The van der Waals surface area contributed by atoms with E-state index in [-0.39, 0.29) is 11.7 Å². The van der Waals surface area contributed by atoms with Gasteiger partial charge >= 0.3 is 5.97 Å². The molecule has 0 aromatic carbocycles. The molecule has 1 aromatic rings. The Hall–Kier alpha value is -1.08. The lowest BCUT2D eigenvalue weighted by Gasteiger charge is -2.12. The van der Waals surface area contributed by atoms with Gasteiger partial charge in [0.25, 0.3) is 0 Å². The van der Waals surface area contributed by atoms with Crippen LogP contribution in [0.25, 0.3) is 0 Å². The van der Waals surface area contributed by atoms with Crippen molar-refractivity contribution in [2.24, 2.45) is 0 Å². The molecule has 1 rings (SSSR count). The summed E-state index contributed by atoms with van der Waals surface area (Å²) in [5.41, 5.74) is 0. The number of nitrogens with zero attached hydrogens (tertiary/aromatic N) is 1. The fourth-order valence-corrected chi connectivity index (χ4v) is 2.55. The van der Waals surface area contributed by atoms with Crippen molar-refractivity contribution in [3.63, 3.8) is 0 Å². The molecule has 2 N–H and O–H groups in total. The Labute approximate surface area is 111 Å². The van der Waals surface area contributed by atoms with Gasteiger partial charge in [0.15, 0.2) is 0 Å². The highest BCUT2D eigenvalue weighted by molar-refractivity contribution is 9.10. The summed E-state index contributed by atoms with van der Waals surface area (Å²) < 4.78 is 0.803. The number of carbonyl (C=O) groups is 2. The van der Waals surface area contributed by atoms with Crippen molar-refractivity contribution >= 4 is 39.6 Å². The first-order valence-corrected chi connectivity index (χ1v) is 6.51. The van der Waals surface area contributed by atoms with E-state index in [1.807, 2.05) is 6.07 Å². The Balaban J connectivity index is 2.61. The average Bonchev–Trinajstić information content (AvgIpc) is 2.25. The molecule has 7 heteroatoms. The molecule has 0 spiro atoms. The van der Waals surface area contributed by atoms with E-state index in [0.717, 1.165) is 4.47 Å². The van der Waals surface area contributed by atoms with Gasteiger partial charge in [-0.3, -0.25) is 4.79 Å². The predicted octanol–water partition coefficient (Wildman–Crippen LogP) is 1.53. The minimum absolute atomic E-state index is 0.227. The van der Waals surface area contributed by atoms with Gasteiger partial charge in [0, 0.05) is 23.3 Å². The molecule has 92 valence electrons. The summed E-state index contributed by atoms with van der Waals surface area (Å²) in [7, 11) is 0. The largest absolute Gasteiger partial charge is 0.480 e. The summed E-state index contributed by atoms with van der Waals surface area (Å²) >= 11 is 4.59. The van der Waals surface area contributed by atoms with E-state index in [1.165, 1.54) is 18.7 Å². The monoisotopic (exact) mass is 318 g/mol. The van der Waals surface area contributed by atoms with Crippen LogP contribution in [0.2, 0.25) is 0 Å². The van der Waals surface area contributed by atoms with Gasteiger partial charge in [-0.1, -0.05) is 0 Å². The molecule has 5 nitrogen and oxygen atoms in total. The van der Waals surface area contributed by atoms with Crippen LogP contribution in [-0.4, -0.2) is 33.8 Å². The Kier molecular flexibility index (Phi) is 5.43. The summed E-state index contributed by atoms with van der Waals surface area (Å²) in [6.45, 7) is 1.29. The standard InChI is InChI=1S/C10H11BrN2O3S/c1-6(14)13-8(10(15)16)5-17-9-7(11)3-2-4-12-9/h2-4,8H,5H2,1H3,(H,13,14)(H,15,16)/t8-/m0/s1. The molecular weight excluding hydrogens is 308 g/mol. The lowest BCUT2D eigenvalue weighted by atomic mass is 10.3. The Morgan fingerprint density at radius 3 is 2.88 bits per heavy atom. The Morgan fingerprint density at radius 2 is 2.35 bits per heavy atom. The first-order chi connectivity index (χ1) is 8.00. The van der Waals surface area contributed by atoms with Crippen LogP contribution in [0.15, 0.2) is 27.8 Å². The highest BCUT2D eigenvalue weighted by Crippen LogP contribution is 2.24. The van der Waals surface area contributed by atoms with Crippen molar-refractivity contribution in [3.05, 3.63) is 22.8 Å². The topological polar surface area (TPSA) is 79.3 Å². The van der Waals surface area contributed by atoms with E-state index in [4.69, 9.17) is 5.11 Å². The summed E-state index contributed by atoms with van der Waals surface area (Å²) in [6.07, 6.45) is 1.63. The second-order valence-electron chi connectivity index (χ2n) is 3.19. The SMILES string of the molecule is CC(=O)N[C@@H](CSc1ncccc1Br)C(=O)O. The van der Waals surface area contributed by atoms with Gasteiger partial charge in [0.05, 0.1) is 0 Å². The number of pyridine rings is 1. The van der Waals surface area contributed by atoms with Gasteiger partial charge in [-0.2, -0.15) is 0 Å². The zero-order valence-corrected chi connectivity index (χ0v) is 11.4. The van der Waals surface area contributed by atoms with Crippen molar-refractivity contribution < 1.29 is 14.7 Å². The minimum Gasteiger partial charge on any atom is -0.480 e. The minimum atomic E-state index is -1.06. The molecule has 0 radical (unpaired) electrons. The van der Waals surface area contributed by atoms with Crippen LogP contribution in [0.1, 0.15) is 6.92 Å². The molecule has 1 heterocycles. The maximum absolute atomic E-state index is 10.9. The van der Waals surface area contributed by atoms with Crippen molar-refractivity contribution in [3.8, 4) is 0 Å². The molecule has 0 unspecified atom stereocenters. The quantitative estimate of drug-likeness (QED) is 0.805. The normalized spacial score (nSPS) is 11.9. The second kappa shape index (κ2) is 6.61. The van der Waals surface area contributed by atoms with E-state index in [9.17, 15) is 9.59 Å². The third-order valence-corrected chi connectivity index (χ3v) is 3.79. The molecule has 1 amide bonds. The highest BCUT2D eigenvalue weighted by atomic mass is 79.9. The molecule has 0 aliphatic carbocycles. The molecule has 0 aliphatic rings. The van der Waals surface area contributed by atoms with Crippen LogP contribution in [0.3, 0.4) is 0 Å². The first kappa shape index (κ1) is 14.0. The van der Waals surface area contributed by atoms with Crippen molar-refractivity contribution in [2.75, 3.05) is 5.75 Å². The van der Waals surface area contributed by atoms with Gasteiger partial charge in [-0.15, -0.1) is 11.8 Å². The summed E-state index contributed by atoms with van der Waals surface area (Å²) in [6, 6.07) is 2.69. The fraction of sp³-hybridized carbons (Fsp3) is 0.300. The summed E-state index contributed by atoms with van der Waals surface area (Å²) in [4.78, 5) is 25.8. The summed E-state index contributed by atoms with van der Waals surface area (Å²) in [5, 5.41) is 12.0. The molecule has 1 atom stereocenters.